The highest BCUT2D eigenvalue weighted by Crippen LogP contribution is 2.41. The van der Waals surface area contributed by atoms with Crippen molar-refractivity contribution in [2.45, 2.75) is 26.2 Å². The van der Waals surface area contributed by atoms with E-state index in [9.17, 15) is 14.9 Å². The van der Waals surface area contributed by atoms with Crippen LogP contribution in [0.15, 0.2) is 99.3 Å². The summed E-state index contributed by atoms with van der Waals surface area (Å²) in [5.41, 5.74) is 3.77. The van der Waals surface area contributed by atoms with E-state index in [1.54, 1.807) is 31.2 Å². The van der Waals surface area contributed by atoms with Crippen LogP contribution in [0.4, 0.5) is 11.4 Å². The van der Waals surface area contributed by atoms with Crippen LogP contribution in [0.2, 0.25) is 0 Å². The fourth-order valence-corrected chi connectivity index (χ4v) is 4.95. The predicted octanol–water partition coefficient (Wildman–Crippen LogP) is 5.55. The average molecular weight is 499 g/mol. The lowest BCUT2D eigenvalue weighted by atomic mass is 9.85. The molecule has 0 radical (unpaired) electrons. The number of hydrogen-bond donors (Lipinski definition) is 3. The number of para-hydroxylation sites is 2. The van der Waals surface area contributed by atoms with Gasteiger partial charge in [0.1, 0.15) is 5.76 Å². The summed E-state index contributed by atoms with van der Waals surface area (Å²) in [5.74, 6) is -0.657. The third kappa shape index (κ3) is 5.53. The molecule has 182 valence electrons. The van der Waals surface area contributed by atoms with Crippen LogP contribution < -0.4 is 16.0 Å². The molecule has 2 amide bonds. The summed E-state index contributed by atoms with van der Waals surface area (Å²) < 4.78 is 5.65. The summed E-state index contributed by atoms with van der Waals surface area (Å²) in [6.45, 7) is 3.81. The van der Waals surface area contributed by atoms with Gasteiger partial charge < -0.3 is 20.4 Å². The van der Waals surface area contributed by atoms with Crippen LogP contribution in [-0.4, -0.2) is 17.6 Å². The summed E-state index contributed by atoms with van der Waals surface area (Å²) in [6, 6.07) is 22.5. The molecule has 0 saturated carbocycles. The summed E-state index contributed by atoms with van der Waals surface area (Å²) >= 11 is 1.22. The number of hydrogen-bond acceptors (Lipinski definition) is 6. The van der Waals surface area contributed by atoms with Gasteiger partial charge in [0.15, 0.2) is 0 Å². The molecule has 1 aliphatic heterocycles. The average Bonchev–Trinajstić information content (AvgIpc) is 3.42. The number of nitriles is 1. The van der Waals surface area contributed by atoms with Gasteiger partial charge in [0.05, 0.1) is 40.2 Å². The zero-order chi connectivity index (χ0) is 25.5. The van der Waals surface area contributed by atoms with E-state index in [0.717, 1.165) is 17.7 Å². The molecule has 8 heteroatoms. The molecule has 0 aliphatic carbocycles. The van der Waals surface area contributed by atoms with Crippen molar-refractivity contribution < 1.29 is 14.0 Å². The standard InChI is InChI=1S/C28H26N4O3S/c1-3-19-10-7-8-13-22(19)32-24(33)17-36-28-21(16-29)26(23-14-9-15-35-23)25(18(2)30-28)27(34)31-20-11-5-4-6-12-20/h4-15,26,30H,3,17H2,1-2H3,(H,31,34)(H,32,33). The molecule has 1 atom stereocenters. The molecule has 2 aromatic carbocycles. The van der Waals surface area contributed by atoms with Crippen molar-refractivity contribution in [3.8, 4) is 6.07 Å². The number of aryl methyl sites for hydroxylation is 1. The van der Waals surface area contributed by atoms with E-state index >= 15 is 0 Å². The summed E-state index contributed by atoms with van der Waals surface area (Å²) in [4.78, 5) is 26.1. The van der Waals surface area contributed by atoms with Gasteiger partial charge in [-0.1, -0.05) is 55.1 Å². The molecule has 3 aromatic rings. The number of thioether (sulfide) groups is 1. The first-order valence-electron chi connectivity index (χ1n) is 11.5. The minimum atomic E-state index is -0.707. The second kappa shape index (κ2) is 11.5. The zero-order valence-corrected chi connectivity index (χ0v) is 20.8. The van der Waals surface area contributed by atoms with Crippen molar-refractivity contribution in [1.29, 1.82) is 5.26 Å². The SMILES string of the molecule is CCc1ccccc1NC(=O)CSC1=C(C#N)C(c2ccco2)C(C(=O)Nc2ccccc2)=C(C)N1. The Morgan fingerprint density at radius 1 is 1.06 bits per heavy atom. The van der Waals surface area contributed by atoms with E-state index in [1.807, 2.05) is 49.4 Å². The van der Waals surface area contributed by atoms with Crippen LogP contribution in [0.5, 0.6) is 0 Å². The molecule has 0 fully saturated rings. The molecule has 0 bridgehead atoms. The molecule has 4 rings (SSSR count). The minimum Gasteiger partial charge on any atom is -0.468 e. The van der Waals surface area contributed by atoms with E-state index in [1.165, 1.54) is 18.0 Å². The fourth-order valence-electron chi connectivity index (χ4n) is 4.06. The Kier molecular flexibility index (Phi) is 7.93. The molecule has 2 heterocycles. The Hall–Kier alpha value is -4.22. The first-order valence-corrected chi connectivity index (χ1v) is 12.5. The number of nitrogens with one attached hydrogen (secondary N) is 3. The lowest BCUT2D eigenvalue weighted by molar-refractivity contribution is -0.114. The minimum absolute atomic E-state index is 0.0925. The van der Waals surface area contributed by atoms with Crippen molar-refractivity contribution >= 4 is 35.0 Å². The van der Waals surface area contributed by atoms with Crippen molar-refractivity contribution in [2.24, 2.45) is 0 Å². The Balaban J connectivity index is 1.58. The zero-order valence-electron chi connectivity index (χ0n) is 20.0. The predicted molar refractivity (Wildman–Crippen MR) is 142 cm³/mol. The molecule has 0 saturated heterocycles. The van der Waals surface area contributed by atoms with Crippen molar-refractivity contribution in [2.75, 3.05) is 16.4 Å². The van der Waals surface area contributed by atoms with Gasteiger partial charge in [-0.3, -0.25) is 9.59 Å². The number of benzene rings is 2. The van der Waals surface area contributed by atoms with Crippen LogP contribution in [-0.2, 0) is 16.0 Å². The van der Waals surface area contributed by atoms with Gasteiger partial charge in [-0.2, -0.15) is 5.26 Å². The molecule has 7 nitrogen and oxygen atoms in total. The smallest absolute Gasteiger partial charge is 0.254 e. The van der Waals surface area contributed by atoms with E-state index in [-0.39, 0.29) is 17.6 Å². The Morgan fingerprint density at radius 3 is 2.50 bits per heavy atom. The molecule has 0 spiro atoms. The number of amides is 2. The number of carbonyl (C=O) groups is 2. The van der Waals surface area contributed by atoms with Crippen molar-refractivity contribution in [3.63, 3.8) is 0 Å². The maximum atomic E-state index is 13.3. The van der Waals surface area contributed by atoms with Crippen molar-refractivity contribution in [1.82, 2.24) is 5.32 Å². The number of nitrogens with zero attached hydrogens (tertiary/aromatic N) is 1. The first kappa shape index (κ1) is 24.9. The second-order valence-corrected chi connectivity index (χ2v) is 9.12. The fraction of sp³-hybridized carbons (Fsp3) is 0.179. The van der Waals surface area contributed by atoms with Gasteiger partial charge in [0.25, 0.3) is 5.91 Å². The van der Waals surface area contributed by atoms with Gasteiger partial charge >= 0.3 is 0 Å². The van der Waals surface area contributed by atoms with Gasteiger partial charge in [-0.25, -0.2) is 0 Å². The number of furan rings is 1. The highest BCUT2D eigenvalue weighted by Gasteiger charge is 2.36. The molecular weight excluding hydrogens is 472 g/mol. The quantitative estimate of drug-likeness (QED) is 0.376. The van der Waals surface area contributed by atoms with E-state index in [2.05, 4.69) is 22.0 Å². The number of allylic oxidation sites excluding steroid dienone is 2. The molecule has 1 aliphatic rings. The highest BCUT2D eigenvalue weighted by molar-refractivity contribution is 8.03. The normalized spacial score (nSPS) is 15.2. The molecular formula is C28H26N4O3S. The van der Waals surface area contributed by atoms with E-state index in [4.69, 9.17) is 4.42 Å². The van der Waals surface area contributed by atoms with Gasteiger partial charge in [0.2, 0.25) is 5.91 Å². The lowest BCUT2D eigenvalue weighted by Crippen LogP contribution is -2.31. The number of dihydropyridines is 1. The number of rotatable bonds is 8. The van der Waals surface area contributed by atoms with Crippen LogP contribution in [0.3, 0.4) is 0 Å². The Labute approximate surface area is 214 Å². The monoisotopic (exact) mass is 498 g/mol. The van der Waals surface area contributed by atoms with Crippen LogP contribution >= 0.6 is 11.8 Å². The number of anilines is 2. The van der Waals surface area contributed by atoms with Gasteiger partial charge in [-0.15, -0.1) is 0 Å². The van der Waals surface area contributed by atoms with Crippen LogP contribution in [0.25, 0.3) is 0 Å². The lowest BCUT2D eigenvalue weighted by Gasteiger charge is -2.28. The maximum Gasteiger partial charge on any atom is 0.254 e. The second-order valence-electron chi connectivity index (χ2n) is 8.13. The summed E-state index contributed by atoms with van der Waals surface area (Å²) in [5, 5.41) is 19.7. The summed E-state index contributed by atoms with van der Waals surface area (Å²) in [6.07, 6.45) is 2.32. The van der Waals surface area contributed by atoms with E-state index < -0.39 is 5.92 Å². The largest absolute Gasteiger partial charge is 0.468 e. The molecule has 1 aromatic heterocycles. The first-order chi connectivity index (χ1) is 17.5. The molecule has 3 N–H and O–H groups in total. The number of carbonyl (C=O) groups excluding carboxylic acids is 2. The van der Waals surface area contributed by atoms with Crippen LogP contribution in [0, 0.1) is 11.3 Å². The Morgan fingerprint density at radius 2 is 1.81 bits per heavy atom. The highest BCUT2D eigenvalue weighted by atomic mass is 32.2. The van der Waals surface area contributed by atoms with Gasteiger partial charge in [-0.05, 0) is 49.2 Å². The molecule has 1 unspecified atom stereocenters. The van der Waals surface area contributed by atoms with Crippen molar-refractivity contribution in [3.05, 3.63) is 106 Å². The third-order valence-corrected chi connectivity index (χ3v) is 6.79. The topological polar surface area (TPSA) is 107 Å². The maximum absolute atomic E-state index is 13.3. The third-order valence-electron chi connectivity index (χ3n) is 5.77. The molecule has 36 heavy (non-hydrogen) atoms. The van der Waals surface area contributed by atoms with E-state index in [0.29, 0.717) is 33.3 Å². The van der Waals surface area contributed by atoms with Gasteiger partial charge in [0, 0.05) is 17.1 Å². The van der Waals surface area contributed by atoms with Crippen LogP contribution in [0.1, 0.15) is 31.1 Å². The summed E-state index contributed by atoms with van der Waals surface area (Å²) in [7, 11) is 0. The Bertz CT molecular complexity index is 1350.